The van der Waals surface area contributed by atoms with Gasteiger partial charge >= 0.3 is 5.97 Å². The van der Waals surface area contributed by atoms with Crippen LogP contribution in [0.5, 0.6) is 5.75 Å². The number of carboxylic acids is 1. The van der Waals surface area contributed by atoms with Crippen molar-refractivity contribution >= 4 is 27.6 Å². The molecule has 21 heavy (non-hydrogen) atoms. The van der Waals surface area contributed by atoms with Crippen LogP contribution in [0.2, 0.25) is 0 Å². The second-order valence-electron chi connectivity index (χ2n) is 4.44. The quantitative estimate of drug-likeness (QED) is 0.821. The molecule has 0 unspecified atom stereocenters. The van der Waals surface area contributed by atoms with Crippen molar-refractivity contribution in [2.75, 3.05) is 11.9 Å². The molecule has 0 fully saturated rings. The molecule has 0 amide bonds. The van der Waals surface area contributed by atoms with Crippen LogP contribution in [0.1, 0.15) is 22.8 Å². The van der Waals surface area contributed by atoms with Gasteiger partial charge in [0.25, 0.3) is 0 Å². The molecule has 4 nitrogen and oxygen atoms in total. The third-order valence-electron chi connectivity index (χ3n) is 2.90. The minimum Gasteiger partial charge on any atom is -0.493 e. The van der Waals surface area contributed by atoms with Crippen molar-refractivity contribution in [3.05, 3.63) is 58.1 Å². The number of nitrogens with one attached hydrogen (secondary N) is 1. The van der Waals surface area contributed by atoms with Crippen molar-refractivity contribution in [2.45, 2.75) is 13.5 Å². The Morgan fingerprint density at radius 2 is 2.10 bits per heavy atom. The molecule has 0 saturated heterocycles. The van der Waals surface area contributed by atoms with Crippen molar-refractivity contribution in [1.29, 1.82) is 0 Å². The first-order valence-electron chi connectivity index (χ1n) is 6.58. The lowest BCUT2D eigenvalue weighted by atomic mass is 10.2. The third kappa shape index (κ3) is 4.23. The van der Waals surface area contributed by atoms with Gasteiger partial charge in [-0.05, 0) is 58.7 Å². The molecule has 0 aromatic heterocycles. The van der Waals surface area contributed by atoms with Gasteiger partial charge in [0.15, 0.2) is 0 Å². The second kappa shape index (κ2) is 7.13. The van der Waals surface area contributed by atoms with E-state index < -0.39 is 5.97 Å². The number of anilines is 1. The summed E-state index contributed by atoms with van der Waals surface area (Å²) in [5.41, 5.74) is 2.12. The molecule has 0 heterocycles. The van der Waals surface area contributed by atoms with E-state index in [1.54, 1.807) is 18.2 Å². The molecular weight excluding hydrogens is 334 g/mol. The standard InChI is InChI=1S/C16H16BrNO3/c1-2-21-15-7-6-11(8-14(15)17)10-18-13-5-3-4-12(9-13)16(19)20/h3-9,18H,2,10H2,1H3,(H,19,20). The molecule has 0 aliphatic rings. The molecule has 2 rings (SSSR count). The lowest BCUT2D eigenvalue weighted by Crippen LogP contribution is -2.02. The maximum absolute atomic E-state index is 10.9. The van der Waals surface area contributed by atoms with Crippen LogP contribution in [0, 0.1) is 0 Å². The van der Waals surface area contributed by atoms with E-state index in [4.69, 9.17) is 9.84 Å². The first kappa shape index (κ1) is 15.4. The van der Waals surface area contributed by atoms with E-state index in [-0.39, 0.29) is 5.56 Å². The zero-order valence-electron chi connectivity index (χ0n) is 11.6. The van der Waals surface area contributed by atoms with Gasteiger partial charge in [-0.2, -0.15) is 0 Å². The normalized spacial score (nSPS) is 10.2. The fourth-order valence-corrected chi connectivity index (χ4v) is 2.43. The maximum Gasteiger partial charge on any atom is 0.335 e. The average Bonchev–Trinajstić information content (AvgIpc) is 2.48. The smallest absolute Gasteiger partial charge is 0.335 e. The van der Waals surface area contributed by atoms with Crippen LogP contribution in [-0.4, -0.2) is 17.7 Å². The number of ether oxygens (including phenoxy) is 1. The topological polar surface area (TPSA) is 58.6 Å². The van der Waals surface area contributed by atoms with E-state index in [1.165, 1.54) is 0 Å². The zero-order chi connectivity index (χ0) is 15.2. The second-order valence-corrected chi connectivity index (χ2v) is 5.29. The highest BCUT2D eigenvalue weighted by atomic mass is 79.9. The Labute approximate surface area is 131 Å². The minimum absolute atomic E-state index is 0.271. The number of benzene rings is 2. The number of aromatic carboxylic acids is 1. The summed E-state index contributed by atoms with van der Waals surface area (Å²) in [4.78, 5) is 10.9. The Hall–Kier alpha value is -2.01. The highest BCUT2D eigenvalue weighted by molar-refractivity contribution is 9.10. The molecule has 2 aromatic rings. The van der Waals surface area contributed by atoms with E-state index in [1.807, 2.05) is 31.2 Å². The van der Waals surface area contributed by atoms with Crippen LogP contribution < -0.4 is 10.1 Å². The van der Waals surface area contributed by atoms with Crippen LogP contribution in [0.3, 0.4) is 0 Å². The molecule has 0 radical (unpaired) electrons. The molecule has 2 N–H and O–H groups in total. The molecule has 2 aromatic carbocycles. The summed E-state index contributed by atoms with van der Waals surface area (Å²) in [5, 5.41) is 12.2. The van der Waals surface area contributed by atoms with Crippen molar-refractivity contribution in [3.8, 4) is 5.75 Å². The first-order valence-corrected chi connectivity index (χ1v) is 7.38. The Balaban J connectivity index is 2.04. The molecule has 0 saturated carbocycles. The summed E-state index contributed by atoms with van der Waals surface area (Å²) in [6, 6.07) is 12.6. The third-order valence-corrected chi connectivity index (χ3v) is 3.52. The summed E-state index contributed by atoms with van der Waals surface area (Å²) < 4.78 is 6.37. The summed E-state index contributed by atoms with van der Waals surface area (Å²) >= 11 is 3.47. The Morgan fingerprint density at radius 3 is 2.76 bits per heavy atom. The van der Waals surface area contributed by atoms with E-state index in [0.29, 0.717) is 13.2 Å². The van der Waals surface area contributed by atoms with Gasteiger partial charge in [0.05, 0.1) is 16.6 Å². The van der Waals surface area contributed by atoms with E-state index in [2.05, 4.69) is 21.2 Å². The average molecular weight is 350 g/mol. The fraction of sp³-hybridized carbons (Fsp3) is 0.188. The summed E-state index contributed by atoms with van der Waals surface area (Å²) in [6.07, 6.45) is 0. The molecule has 0 aliphatic carbocycles. The Kier molecular flexibility index (Phi) is 5.22. The molecular formula is C16H16BrNO3. The zero-order valence-corrected chi connectivity index (χ0v) is 13.2. The van der Waals surface area contributed by atoms with Gasteiger partial charge in [0, 0.05) is 12.2 Å². The number of halogens is 1. The van der Waals surface area contributed by atoms with Crippen LogP contribution in [0.25, 0.3) is 0 Å². The van der Waals surface area contributed by atoms with Gasteiger partial charge in [-0.15, -0.1) is 0 Å². The van der Waals surface area contributed by atoms with Gasteiger partial charge in [-0.1, -0.05) is 12.1 Å². The highest BCUT2D eigenvalue weighted by Crippen LogP contribution is 2.26. The lowest BCUT2D eigenvalue weighted by Gasteiger charge is -2.10. The van der Waals surface area contributed by atoms with E-state index >= 15 is 0 Å². The van der Waals surface area contributed by atoms with Gasteiger partial charge in [-0.3, -0.25) is 0 Å². The highest BCUT2D eigenvalue weighted by Gasteiger charge is 2.04. The molecule has 0 atom stereocenters. The van der Waals surface area contributed by atoms with E-state index in [9.17, 15) is 4.79 Å². The molecule has 110 valence electrons. The van der Waals surface area contributed by atoms with Crippen LogP contribution in [0.4, 0.5) is 5.69 Å². The minimum atomic E-state index is -0.928. The number of hydrogen-bond acceptors (Lipinski definition) is 3. The largest absolute Gasteiger partial charge is 0.493 e. The summed E-state index contributed by atoms with van der Waals surface area (Å²) in [7, 11) is 0. The van der Waals surface area contributed by atoms with Crippen LogP contribution >= 0.6 is 15.9 Å². The van der Waals surface area contributed by atoms with Gasteiger partial charge in [0.1, 0.15) is 5.75 Å². The number of carbonyl (C=O) groups is 1. The fourth-order valence-electron chi connectivity index (χ4n) is 1.89. The van der Waals surface area contributed by atoms with Crippen LogP contribution in [-0.2, 0) is 6.54 Å². The van der Waals surface area contributed by atoms with Crippen molar-refractivity contribution in [3.63, 3.8) is 0 Å². The SMILES string of the molecule is CCOc1ccc(CNc2cccc(C(=O)O)c2)cc1Br. The predicted molar refractivity (Wildman–Crippen MR) is 86.0 cm³/mol. The molecule has 5 heteroatoms. The van der Waals surface area contributed by atoms with Crippen LogP contribution in [0.15, 0.2) is 46.9 Å². The van der Waals surface area contributed by atoms with Crippen molar-refractivity contribution < 1.29 is 14.6 Å². The number of carboxylic acid groups (broad SMARTS) is 1. The lowest BCUT2D eigenvalue weighted by molar-refractivity contribution is 0.0697. The summed E-state index contributed by atoms with van der Waals surface area (Å²) in [5.74, 6) is -0.114. The monoisotopic (exact) mass is 349 g/mol. The Bertz CT molecular complexity index is 643. The van der Waals surface area contributed by atoms with Gasteiger partial charge in [-0.25, -0.2) is 4.79 Å². The van der Waals surface area contributed by atoms with Gasteiger partial charge in [0.2, 0.25) is 0 Å². The van der Waals surface area contributed by atoms with Crippen molar-refractivity contribution in [1.82, 2.24) is 0 Å². The predicted octanol–water partition coefficient (Wildman–Crippen LogP) is 4.16. The van der Waals surface area contributed by atoms with E-state index in [0.717, 1.165) is 21.5 Å². The first-order chi connectivity index (χ1) is 10.1. The number of hydrogen-bond donors (Lipinski definition) is 2. The molecule has 0 aliphatic heterocycles. The maximum atomic E-state index is 10.9. The molecule has 0 spiro atoms. The summed E-state index contributed by atoms with van der Waals surface area (Å²) in [6.45, 7) is 3.17. The number of rotatable bonds is 6. The molecule has 0 bridgehead atoms. The Morgan fingerprint density at radius 1 is 1.29 bits per heavy atom. The van der Waals surface area contributed by atoms with Gasteiger partial charge < -0.3 is 15.2 Å². The van der Waals surface area contributed by atoms with Crippen molar-refractivity contribution in [2.24, 2.45) is 0 Å².